The van der Waals surface area contributed by atoms with Gasteiger partial charge in [-0.2, -0.15) is 0 Å². The summed E-state index contributed by atoms with van der Waals surface area (Å²) in [5, 5.41) is 9.75. The Morgan fingerprint density at radius 3 is 2.47 bits per heavy atom. The molecular formula is C24H39N5O3. The average Bonchev–Trinajstić information content (AvgIpc) is 2.86. The Labute approximate surface area is 192 Å². The lowest BCUT2D eigenvalue weighted by molar-refractivity contribution is -0.119. The Morgan fingerprint density at radius 2 is 1.81 bits per heavy atom. The molecule has 3 rings (SSSR count). The first-order valence-electron chi connectivity index (χ1n) is 11.9. The van der Waals surface area contributed by atoms with E-state index in [9.17, 15) is 4.79 Å². The summed E-state index contributed by atoms with van der Waals surface area (Å²) in [6, 6.07) is 7.68. The van der Waals surface area contributed by atoms with Gasteiger partial charge in [-0.1, -0.05) is 31.4 Å². The van der Waals surface area contributed by atoms with E-state index in [1.54, 1.807) is 7.11 Å². The first kappa shape index (κ1) is 24.3. The van der Waals surface area contributed by atoms with Crippen molar-refractivity contribution < 1.29 is 14.3 Å². The Balaban J connectivity index is 1.52. The van der Waals surface area contributed by atoms with Gasteiger partial charge in [0, 0.05) is 38.3 Å². The number of nitrogens with one attached hydrogen (secondary N) is 3. The van der Waals surface area contributed by atoms with Gasteiger partial charge in [-0.05, 0) is 37.5 Å². The number of aliphatic imine (C=N–C) groups is 1. The molecule has 3 N–H and O–H groups in total. The van der Waals surface area contributed by atoms with E-state index in [-0.39, 0.29) is 18.0 Å². The summed E-state index contributed by atoms with van der Waals surface area (Å²) in [6.45, 7) is 7.80. The maximum Gasteiger partial charge on any atom is 0.242 e. The lowest BCUT2D eigenvalue weighted by atomic mass is 9.80. The summed E-state index contributed by atoms with van der Waals surface area (Å²) < 4.78 is 10.7. The molecule has 1 heterocycles. The van der Waals surface area contributed by atoms with Gasteiger partial charge in [-0.3, -0.25) is 9.69 Å². The summed E-state index contributed by atoms with van der Waals surface area (Å²) in [5.41, 5.74) is 1.17. The number of hydrogen-bond donors (Lipinski definition) is 3. The second kappa shape index (κ2) is 12.6. The van der Waals surface area contributed by atoms with Crippen molar-refractivity contribution in [3.8, 4) is 5.75 Å². The van der Waals surface area contributed by atoms with Gasteiger partial charge in [0.1, 0.15) is 12.3 Å². The molecule has 178 valence electrons. The Bertz CT molecular complexity index is 726. The standard InChI is InChI=1S/C24H39N5O3/c1-3-25-23(27-18-22(30)26-17-20-7-9-21(31-2)10-8-20)28-19-24(11-5-4-6-12-24)29-13-15-32-16-14-29/h7-10H,3-6,11-19H2,1-2H3,(H,26,30)(H2,25,27,28). The maximum absolute atomic E-state index is 12.3. The fourth-order valence-electron chi connectivity index (χ4n) is 4.59. The number of carbonyl (C=O) groups is 1. The van der Waals surface area contributed by atoms with E-state index in [1.807, 2.05) is 31.2 Å². The van der Waals surface area contributed by atoms with Crippen LogP contribution in [0.15, 0.2) is 29.3 Å². The molecule has 0 spiro atoms. The molecule has 0 atom stereocenters. The van der Waals surface area contributed by atoms with Crippen LogP contribution >= 0.6 is 0 Å². The molecule has 2 aliphatic rings. The molecule has 2 fully saturated rings. The topological polar surface area (TPSA) is 87.2 Å². The monoisotopic (exact) mass is 445 g/mol. The number of hydrogen-bond acceptors (Lipinski definition) is 5. The predicted octanol–water partition coefficient (Wildman–Crippen LogP) is 1.90. The molecule has 0 radical (unpaired) electrons. The number of rotatable bonds is 9. The number of ether oxygens (including phenoxy) is 2. The average molecular weight is 446 g/mol. The highest BCUT2D eigenvalue weighted by Gasteiger charge is 2.38. The molecule has 32 heavy (non-hydrogen) atoms. The van der Waals surface area contributed by atoms with Gasteiger partial charge in [0.15, 0.2) is 5.96 Å². The predicted molar refractivity (Wildman–Crippen MR) is 127 cm³/mol. The molecule has 0 bridgehead atoms. The molecule has 8 heteroatoms. The lowest BCUT2D eigenvalue weighted by Crippen LogP contribution is -2.60. The second-order valence-electron chi connectivity index (χ2n) is 8.56. The SMILES string of the molecule is CCNC(=NCC(=O)NCc1ccc(OC)cc1)NCC1(N2CCOCC2)CCCCC1. The van der Waals surface area contributed by atoms with Crippen LogP contribution in [-0.4, -0.2) is 75.4 Å². The van der Waals surface area contributed by atoms with Crippen LogP contribution in [0.2, 0.25) is 0 Å². The zero-order valence-corrected chi connectivity index (χ0v) is 19.6. The highest BCUT2D eigenvalue weighted by molar-refractivity contribution is 5.84. The third-order valence-corrected chi connectivity index (χ3v) is 6.42. The Hall–Kier alpha value is -2.32. The summed E-state index contributed by atoms with van der Waals surface area (Å²) in [5.74, 6) is 1.41. The van der Waals surface area contributed by atoms with E-state index in [4.69, 9.17) is 9.47 Å². The van der Waals surface area contributed by atoms with Gasteiger partial charge in [0.05, 0.1) is 20.3 Å². The van der Waals surface area contributed by atoms with E-state index in [2.05, 4.69) is 25.8 Å². The zero-order valence-electron chi connectivity index (χ0n) is 19.6. The van der Waals surface area contributed by atoms with Crippen LogP contribution in [0.1, 0.15) is 44.6 Å². The molecule has 1 saturated heterocycles. The summed E-state index contributed by atoms with van der Waals surface area (Å²) >= 11 is 0. The van der Waals surface area contributed by atoms with Crippen LogP contribution in [0, 0.1) is 0 Å². The van der Waals surface area contributed by atoms with Gasteiger partial charge < -0.3 is 25.4 Å². The van der Waals surface area contributed by atoms with Gasteiger partial charge >= 0.3 is 0 Å². The van der Waals surface area contributed by atoms with E-state index >= 15 is 0 Å². The number of nitrogens with zero attached hydrogens (tertiary/aromatic N) is 2. The molecule has 0 unspecified atom stereocenters. The van der Waals surface area contributed by atoms with E-state index in [0.717, 1.165) is 50.7 Å². The van der Waals surface area contributed by atoms with Crippen molar-refractivity contribution in [1.82, 2.24) is 20.9 Å². The summed E-state index contributed by atoms with van der Waals surface area (Å²) in [4.78, 5) is 19.5. The van der Waals surface area contributed by atoms with Crippen LogP contribution in [0.4, 0.5) is 0 Å². The molecule has 1 saturated carbocycles. The fraction of sp³-hybridized carbons (Fsp3) is 0.667. The molecule has 1 aromatic rings. The normalized spacial score (nSPS) is 19.2. The first-order chi connectivity index (χ1) is 15.6. The Morgan fingerprint density at radius 1 is 1.09 bits per heavy atom. The van der Waals surface area contributed by atoms with Crippen LogP contribution in [0.3, 0.4) is 0 Å². The minimum Gasteiger partial charge on any atom is -0.497 e. The number of benzene rings is 1. The molecule has 1 aliphatic carbocycles. The van der Waals surface area contributed by atoms with Gasteiger partial charge in [-0.25, -0.2) is 4.99 Å². The molecular weight excluding hydrogens is 406 g/mol. The van der Waals surface area contributed by atoms with Crippen molar-refractivity contribution in [2.45, 2.75) is 51.1 Å². The highest BCUT2D eigenvalue weighted by Crippen LogP contribution is 2.33. The number of guanidine groups is 1. The van der Waals surface area contributed by atoms with Crippen LogP contribution in [0.5, 0.6) is 5.75 Å². The quantitative estimate of drug-likeness (QED) is 0.398. The van der Waals surface area contributed by atoms with Crippen molar-refractivity contribution >= 4 is 11.9 Å². The number of morpholine rings is 1. The fourth-order valence-corrected chi connectivity index (χ4v) is 4.59. The van der Waals surface area contributed by atoms with E-state index in [1.165, 1.54) is 32.1 Å². The third-order valence-electron chi connectivity index (χ3n) is 6.42. The van der Waals surface area contributed by atoms with Crippen molar-refractivity contribution in [1.29, 1.82) is 0 Å². The van der Waals surface area contributed by atoms with Crippen molar-refractivity contribution in [2.75, 3.05) is 53.0 Å². The molecule has 1 aliphatic heterocycles. The van der Waals surface area contributed by atoms with E-state index < -0.39 is 0 Å². The number of amides is 1. The minimum atomic E-state index is -0.0985. The molecule has 1 aromatic carbocycles. The van der Waals surface area contributed by atoms with Crippen LogP contribution in [-0.2, 0) is 16.1 Å². The maximum atomic E-state index is 12.3. The molecule has 8 nitrogen and oxygen atoms in total. The van der Waals surface area contributed by atoms with Gasteiger partial charge in [0.25, 0.3) is 0 Å². The van der Waals surface area contributed by atoms with Gasteiger partial charge in [0.2, 0.25) is 5.91 Å². The zero-order chi connectivity index (χ0) is 22.7. The number of carbonyl (C=O) groups excluding carboxylic acids is 1. The lowest BCUT2D eigenvalue weighted by Gasteiger charge is -2.48. The molecule has 1 amide bonds. The number of methoxy groups -OCH3 is 1. The molecule has 0 aromatic heterocycles. The first-order valence-corrected chi connectivity index (χ1v) is 11.9. The summed E-state index contributed by atoms with van der Waals surface area (Å²) in [7, 11) is 1.64. The second-order valence-corrected chi connectivity index (χ2v) is 8.56. The van der Waals surface area contributed by atoms with Crippen molar-refractivity contribution in [2.24, 2.45) is 4.99 Å². The third kappa shape index (κ3) is 7.10. The van der Waals surface area contributed by atoms with Crippen molar-refractivity contribution in [3.63, 3.8) is 0 Å². The van der Waals surface area contributed by atoms with Crippen molar-refractivity contribution in [3.05, 3.63) is 29.8 Å². The van der Waals surface area contributed by atoms with E-state index in [0.29, 0.717) is 12.5 Å². The highest BCUT2D eigenvalue weighted by atomic mass is 16.5. The Kier molecular flexibility index (Phi) is 9.62. The van der Waals surface area contributed by atoms with Gasteiger partial charge in [-0.15, -0.1) is 0 Å². The van der Waals surface area contributed by atoms with Crippen LogP contribution < -0.4 is 20.7 Å². The minimum absolute atomic E-state index is 0.0933. The summed E-state index contributed by atoms with van der Waals surface area (Å²) in [6.07, 6.45) is 6.24. The smallest absolute Gasteiger partial charge is 0.242 e. The van der Waals surface area contributed by atoms with Crippen LogP contribution in [0.25, 0.3) is 0 Å². The largest absolute Gasteiger partial charge is 0.497 e.